The van der Waals surface area contributed by atoms with Gasteiger partial charge in [0.25, 0.3) is 0 Å². The molecule has 1 aliphatic rings. The van der Waals surface area contributed by atoms with E-state index < -0.39 is 0 Å². The molecule has 110 valence electrons. The third-order valence-corrected chi connectivity index (χ3v) is 3.28. The Balaban J connectivity index is 1.71. The summed E-state index contributed by atoms with van der Waals surface area (Å²) < 4.78 is 5.35. The molecule has 0 bridgehead atoms. The summed E-state index contributed by atoms with van der Waals surface area (Å²) in [6.45, 7) is 3.40. The topological polar surface area (TPSA) is 102 Å². The van der Waals surface area contributed by atoms with Crippen LogP contribution < -0.4 is 21.7 Å². The molecule has 0 saturated carbocycles. The molecule has 5 N–H and O–H groups in total. The first-order valence-electron chi connectivity index (χ1n) is 6.80. The Hall–Kier alpha value is -2.54. The first-order valence-corrected chi connectivity index (χ1v) is 6.80. The molecule has 0 atom stereocenters. The number of morpholine rings is 1. The summed E-state index contributed by atoms with van der Waals surface area (Å²) in [6.07, 6.45) is 0. The second-order valence-electron chi connectivity index (χ2n) is 4.81. The molecule has 7 nitrogen and oxygen atoms in total. The Labute approximate surface area is 122 Å². The van der Waals surface area contributed by atoms with Crippen LogP contribution in [-0.4, -0.2) is 36.3 Å². The number of ether oxygens (including phenoxy) is 1. The zero-order valence-corrected chi connectivity index (χ0v) is 11.6. The highest BCUT2D eigenvalue weighted by atomic mass is 16.5. The standard InChI is InChI=1S/C14H18N6O/c15-12-9-13(19-14(16)18-12)17-10-1-3-11(4-2-10)20-5-7-21-8-6-20/h1-4,9H,5-8H2,(H5,15,16,17,18,19). The number of nitrogens with two attached hydrogens (primary N) is 2. The van der Waals surface area contributed by atoms with Crippen molar-refractivity contribution in [2.24, 2.45) is 0 Å². The summed E-state index contributed by atoms with van der Waals surface area (Å²) in [7, 11) is 0. The van der Waals surface area contributed by atoms with Crippen LogP contribution in [0.5, 0.6) is 0 Å². The SMILES string of the molecule is Nc1cc(Nc2ccc(N3CCOCC3)cc2)nc(N)n1. The highest BCUT2D eigenvalue weighted by Crippen LogP contribution is 2.22. The molecule has 0 amide bonds. The molecular weight excluding hydrogens is 268 g/mol. The van der Waals surface area contributed by atoms with Crippen LogP contribution in [0.4, 0.5) is 29.0 Å². The van der Waals surface area contributed by atoms with Gasteiger partial charge < -0.3 is 26.4 Å². The van der Waals surface area contributed by atoms with Crippen LogP contribution in [0.25, 0.3) is 0 Å². The molecule has 0 aliphatic carbocycles. The zero-order valence-electron chi connectivity index (χ0n) is 11.6. The van der Waals surface area contributed by atoms with Gasteiger partial charge in [-0.25, -0.2) is 0 Å². The van der Waals surface area contributed by atoms with Crippen LogP contribution in [0.1, 0.15) is 0 Å². The molecule has 0 unspecified atom stereocenters. The number of nitrogens with one attached hydrogen (secondary N) is 1. The van der Waals surface area contributed by atoms with Crippen molar-refractivity contribution < 1.29 is 4.74 Å². The van der Waals surface area contributed by atoms with Gasteiger partial charge in [-0.2, -0.15) is 9.97 Å². The summed E-state index contributed by atoms with van der Waals surface area (Å²) in [6, 6.07) is 9.79. The number of hydrogen-bond donors (Lipinski definition) is 3. The fraction of sp³-hybridized carbons (Fsp3) is 0.286. The van der Waals surface area contributed by atoms with Gasteiger partial charge in [-0.05, 0) is 24.3 Å². The number of nitrogen functional groups attached to an aromatic ring is 2. The van der Waals surface area contributed by atoms with E-state index in [1.54, 1.807) is 6.07 Å². The van der Waals surface area contributed by atoms with Gasteiger partial charge in [0, 0.05) is 30.5 Å². The maximum atomic E-state index is 5.65. The van der Waals surface area contributed by atoms with Gasteiger partial charge in [0.1, 0.15) is 11.6 Å². The molecular formula is C14H18N6O. The van der Waals surface area contributed by atoms with Crippen molar-refractivity contribution in [1.82, 2.24) is 9.97 Å². The van der Waals surface area contributed by atoms with E-state index in [2.05, 4.69) is 32.3 Å². The molecule has 0 spiro atoms. The molecule has 1 aliphatic heterocycles. The normalized spacial score (nSPS) is 15.0. The molecule has 1 fully saturated rings. The lowest BCUT2D eigenvalue weighted by Crippen LogP contribution is -2.36. The predicted octanol–water partition coefficient (Wildman–Crippen LogP) is 1.22. The molecule has 2 aromatic rings. The summed E-state index contributed by atoms with van der Waals surface area (Å²) in [4.78, 5) is 10.2. The van der Waals surface area contributed by atoms with Crippen molar-refractivity contribution in [2.45, 2.75) is 0 Å². The number of anilines is 5. The number of hydrogen-bond acceptors (Lipinski definition) is 7. The largest absolute Gasteiger partial charge is 0.383 e. The summed E-state index contributed by atoms with van der Waals surface area (Å²) in [5.74, 6) is 1.08. The molecule has 1 aromatic carbocycles. The number of aromatic nitrogens is 2. The second kappa shape index (κ2) is 5.84. The lowest BCUT2D eigenvalue weighted by molar-refractivity contribution is 0.122. The minimum absolute atomic E-state index is 0.155. The maximum Gasteiger partial charge on any atom is 0.223 e. The van der Waals surface area contributed by atoms with Crippen LogP contribution >= 0.6 is 0 Å². The Morgan fingerprint density at radius 1 is 1.05 bits per heavy atom. The molecule has 1 saturated heterocycles. The van der Waals surface area contributed by atoms with Crippen molar-refractivity contribution in [3.63, 3.8) is 0 Å². The van der Waals surface area contributed by atoms with Crippen molar-refractivity contribution in [2.75, 3.05) is 48.0 Å². The Kier molecular flexibility index (Phi) is 3.74. The van der Waals surface area contributed by atoms with Gasteiger partial charge in [0.05, 0.1) is 13.2 Å². The van der Waals surface area contributed by atoms with E-state index in [-0.39, 0.29) is 5.95 Å². The van der Waals surface area contributed by atoms with Crippen molar-refractivity contribution in [3.05, 3.63) is 30.3 Å². The fourth-order valence-corrected chi connectivity index (χ4v) is 2.27. The van der Waals surface area contributed by atoms with E-state index in [1.165, 1.54) is 5.69 Å². The van der Waals surface area contributed by atoms with Crippen LogP contribution in [0.3, 0.4) is 0 Å². The van der Waals surface area contributed by atoms with E-state index in [0.29, 0.717) is 11.6 Å². The van der Waals surface area contributed by atoms with E-state index in [4.69, 9.17) is 16.2 Å². The van der Waals surface area contributed by atoms with Gasteiger partial charge >= 0.3 is 0 Å². The number of rotatable bonds is 3. The predicted molar refractivity (Wildman–Crippen MR) is 83.6 cm³/mol. The number of nitrogens with zero attached hydrogens (tertiary/aromatic N) is 3. The van der Waals surface area contributed by atoms with Gasteiger partial charge in [-0.1, -0.05) is 0 Å². The Morgan fingerprint density at radius 3 is 2.43 bits per heavy atom. The van der Waals surface area contributed by atoms with Crippen molar-refractivity contribution in [1.29, 1.82) is 0 Å². The average molecular weight is 286 g/mol. The molecule has 7 heteroatoms. The molecule has 3 rings (SSSR count). The van der Waals surface area contributed by atoms with Gasteiger partial charge in [0.2, 0.25) is 5.95 Å². The van der Waals surface area contributed by atoms with E-state index in [9.17, 15) is 0 Å². The van der Waals surface area contributed by atoms with Gasteiger partial charge in [-0.15, -0.1) is 0 Å². The minimum Gasteiger partial charge on any atom is -0.383 e. The first kappa shape index (κ1) is 13.4. The van der Waals surface area contributed by atoms with Gasteiger partial charge in [-0.3, -0.25) is 0 Å². The van der Waals surface area contributed by atoms with Crippen LogP contribution in [0.15, 0.2) is 30.3 Å². The van der Waals surface area contributed by atoms with Crippen LogP contribution in [-0.2, 0) is 4.74 Å². The first-order chi connectivity index (χ1) is 10.2. The van der Waals surface area contributed by atoms with Crippen LogP contribution in [0, 0.1) is 0 Å². The summed E-state index contributed by atoms with van der Waals surface area (Å²) in [5.41, 5.74) is 13.3. The van der Waals surface area contributed by atoms with E-state index in [0.717, 1.165) is 32.0 Å². The third-order valence-electron chi connectivity index (χ3n) is 3.28. The van der Waals surface area contributed by atoms with Crippen molar-refractivity contribution in [3.8, 4) is 0 Å². The second-order valence-corrected chi connectivity index (χ2v) is 4.81. The fourth-order valence-electron chi connectivity index (χ4n) is 2.27. The van der Waals surface area contributed by atoms with Gasteiger partial charge in [0.15, 0.2) is 0 Å². The van der Waals surface area contributed by atoms with E-state index >= 15 is 0 Å². The quantitative estimate of drug-likeness (QED) is 0.779. The minimum atomic E-state index is 0.155. The lowest BCUT2D eigenvalue weighted by atomic mass is 10.2. The number of benzene rings is 1. The highest BCUT2D eigenvalue weighted by Gasteiger charge is 2.10. The summed E-state index contributed by atoms with van der Waals surface area (Å²) in [5, 5.41) is 3.16. The van der Waals surface area contributed by atoms with E-state index in [1.807, 2.05) is 12.1 Å². The average Bonchev–Trinajstić information content (AvgIpc) is 2.48. The monoisotopic (exact) mass is 286 g/mol. The van der Waals surface area contributed by atoms with Crippen molar-refractivity contribution >= 4 is 29.0 Å². The molecule has 21 heavy (non-hydrogen) atoms. The molecule has 1 aromatic heterocycles. The Bertz CT molecular complexity index is 589. The third kappa shape index (κ3) is 3.32. The maximum absolute atomic E-state index is 5.65. The highest BCUT2D eigenvalue weighted by molar-refractivity contribution is 5.63. The Morgan fingerprint density at radius 2 is 1.76 bits per heavy atom. The zero-order chi connectivity index (χ0) is 14.7. The summed E-state index contributed by atoms with van der Waals surface area (Å²) >= 11 is 0. The molecule has 2 heterocycles. The smallest absolute Gasteiger partial charge is 0.223 e. The lowest BCUT2D eigenvalue weighted by Gasteiger charge is -2.28. The molecule has 0 radical (unpaired) electrons. The van der Waals surface area contributed by atoms with Crippen LogP contribution in [0.2, 0.25) is 0 Å².